The van der Waals surface area contributed by atoms with Crippen LogP contribution in [-0.4, -0.2) is 54.0 Å². The van der Waals surface area contributed by atoms with E-state index in [-0.39, 0.29) is 18.0 Å². The highest BCUT2D eigenvalue weighted by atomic mass is 35.5. The quantitative estimate of drug-likeness (QED) is 0.890. The smallest absolute Gasteiger partial charge is 0.317 e. The number of benzene rings is 1. The fraction of sp³-hybridized carbons (Fsp3) is 0.412. The maximum absolute atomic E-state index is 12.9. The molecule has 2 aliphatic rings. The zero-order valence-electron chi connectivity index (χ0n) is 13.1. The zero-order chi connectivity index (χ0) is 16.7. The van der Waals surface area contributed by atoms with Crippen LogP contribution in [-0.2, 0) is 0 Å². The van der Waals surface area contributed by atoms with Gasteiger partial charge in [-0.2, -0.15) is 0 Å². The summed E-state index contributed by atoms with van der Waals surface area (Å²) in [5, 5.41) is 4.44. The minimum Gasteiger partial charge on any atom is -0.336 e. The Balaban J connectivity index is 1.54. The summed E-state index contributed by atoms with van der Waals surface area (Å²) in [6.45, 7) is 2.77. The number of fused-ring (bicyclic) bond motifs is 1. The van der Waals surface area contributed by atoms with Crippen molar-refractivity contribution < 1.29 is 9.59 Å². The third-order valence-electron chi connectivity index (χ3n) is 4.73. The first-order valence-corrected chi connectivity index (χ1v) is 9.35. The van der Waals surface area contributed by atoms with Crippen molar-refractivity contribution >= 4 is 45.0 Å². The number of halogens is 1. The molecule has 0 saturated carbocycles. The second kappa shape index (κ2) is 6.26. The highest BCUT2D eigenvalue weighted by Gasteiger charge is 2.33. The van der Waals surface area contributed by atoms with Crippen molar-refractivity contribution in [3.8, 4) is 0 Å². The number of piperidine rings is 1. The standard InChI is InChI=1S/C17H18ClN3O2S/c18-13-4-1-5-14-12(13)9-15(24-14)16(22)20-7-2-3-11(10-20)21-8-6-19-17(21)23/h1,4-5,9,11H,2-3,6-8,10H2,(H,19,23). The first-order chi connectivity index (χ1) is 11.6. The predicted octanol–water partition coefficient (Wildman–Crippen LogP) is 3.18. The largest absolute Gasteiger partial charge is 0.336 e. The molecule has 0 radical (unpaired) electrons. The minimum absolute atomic E-state index is 0.0112. The number of hydrogen-bond acceptors (Lipinski definition) is 3. The number of carbonyl (C=O) groups is 2. The molecule has 24 heavy (non-hydrogen) atoms. The van der Waals surface area contributed by atoms with Gasteiger partial charge in [-0.05, 0) is 31.0 Å². The molecule has 0 bridgehead atoms. The Labute approximate surface area is 149 Å². The normalized spacial score (nSPS) is 21.4. The third kappa shape index (κ3) is 2.74. The van der Waals surface area contributed by atoms with E-state index in [4.69, 9.17) is 11.6 Å². The number of carbonyl (C=O) groups excluding carboxylic acids is 2. The Bertz CT molecular complexity index is 806. The Morgan fingerprint density at radius 2 is 2.21 bits per heavy atom. The van der Waals surface area contributed by atoms with Gasteiger partial charge in [-0.25, -0.2) is 4.79 Å². The Morgan fingerprint density at radius 3 is 2.96 bits per heavy atom. The Morgan fingerprint density at radius 1 is 1.33 bits per heavy atom. The van der Waals surface area contributed by atoms with Gasteiger partial charge in [0.2, 0.25) is 0 Å². The van der Waals surface area contributed by atoms with Crippen molar-refractivity contribution in [1.82, 2.24) is 15.1 Å². The summed E-state index contributed by atoms with van der Waals surface area (Å²) >= 11 is 7.70. The van der Waals surface area contributed by atoms with E-state index in [0.29, 0.717) is 23.0 Å². The van der Waals surface area contributed by atoms with Crippen LogP contribution in [0.15, 0.2) is 24.3 Å². The molecule has 0 spiro atoms. The summed E-state index contributed by atoms with van der Waals surface area (Å²) in [5.74, 6) is 0.0385. The molecule has 4 rings (SSSR count). The van der Waals surface area contributed by atoms with Crippen LogP contribution in [0, 0.1) is 0 Å². The molecule has 2 aromatic rings. The maximum Gasteiger partial charge on any atom is 0.317 e. The first kappa shape index (κ1) is 15.7. The fourth-order valence-corrected chi connectivity index (χ4v) is 4.86. The van der Waals surface area contributed by atoms with Gasteiger partial charge in [0.25, 0.3) is 5.91 Å². The number of nitrogens with one attached hydrogen (secondary N) is 1. The molecule has 7 heteroatoms. The molecule has 2 fully saturated rings. The summed E-state index contributed by atoms with van der Waals surface area (Å²) in [4.78, 5) is 29.2. The van der Waals surface area contributed by atoms with Crippen LogP contribution in [0.1, 0.15) is 22.5 Å². The SMILES string of the molecule is O=C(c1cc2c(Cl)cccc2s1)N1CCCC(N2CCNC2=O)C1. The molecule has 3 amide bonds. The van der Waals surface area contributed by atoms with Crippen molar-refractivity contribution in [3.63, 3.8) is 0 Å². The first-order valence-electron chi connectivity index (χ1n) is 8.15. The third-order valence-corrected chi connectivity index (χ3v) is 6.15. The van der Waals surface area contributed by atoms with E-state index in [9.17, 15) is 9.59 Å². The number of rotatable bonds is 2. The van der Waals surface area contributed by atoms with Crippen molar-refractivity contribution in [1.29, 1.82) is 0 Å². The van der Waals surface area contributed by atoms with E-state index in [1.54, 1.807) is 0 Å². The average molecular weight is 364 g/mol. The second-order valence-corrected chi connectivity index (χ2v) is 7.73. The highest BCUT2D eigenvalue weighted by molar-refractivity contribution is 7.20. The maximum atomic E-state index is 12.9. The van der Waals surface area contributed by atoms with Crippen LogP contribution in [0.4, 0.5) is 4.79 Å². The van der Waals surface area contributed by atoms with Gasteiger partial charge >= 0.3 is 6.03 Å². The minimum atomic E-state index is -0.0112. The van der Waals surface area contributed by atoms with E-state index in [0.717, 1.165) is 36.0 Å². The van der Waals surface area contributed by atoms with E-state index in [1.807, 2.05) is 34.1 Å². The van der Waals surface area contributed by atoms with Crippen molar-refractivity contribution in [3.05, 3.63) is 34.2 Å². The average Bonchev–Trinajstić information content (AvgIpc) is 3.21. The molecule has 1 N–H and O–H groups in total. The molecule has 1 aromatic heterocycles. The highest BCUT2D eigenvalue weighted by Crippen LogP contribution is 2.32. The summed E-state index contributed by atoms with van der Waals surface area (Å²) in [5.41, 5.74) is 0. The van der Waals surface area contributed by atoms with E-state index < -0.39 is 0 Å². The van der Waals surface area contributed by atoms with Crippen LogP contribution >= 0.6 is 22.9 Å². The monoisotopic (exact) mass is 363 g/mol. The van der Waals surface area contributed by atoms with Gasteiger partial charge in [0.05, 0.1) is 10.9 Å². The number of thiophene rings is 1. The number of nitrogens with zero attached hydrogens (tertiary/aromatic N) is 2. The lowest BCUT2D eigenvalue weighted by Crippen LogP contribution is -2.50. The Hall–Kier alpha value is -1.79. The van der Waals surface area contributed by atoms with Crippen LogP contribution in [0.5, 0.6) is 0 Å². The lowest BCUT2D eigenvalue weighted by Gasteiger charge is -2.36. The molecular formula is C17H18ClN3O2S. The van der Waals surface area contributed by atoms with Crippen molar-refractivity contribution in [2.45, 2.75) is 18.9 Å². The fourth-order valence-electron chi connectivity index (χ4n) is 3.51. The van der Waals surface area contributed by atoms with Gasteiger partial charge in [-0.1, -0.05) is 17.7 Å². The van der Waals surface area contributed by atoms with Crippen molar-refractivity contribution in [2.24, 2.45) is 0 Å². The van der Waals surface area contributed by atoms with Crippen LogP contribution in [0.3, 0.4) is 0 Å². The van der Waals surface area contributed by atoms with Crippen LogP contribution < -0.4 is 5.32 Å². The van der Waals surface area contributed by atoms with Gasteiger partial charge in [0, 0.05) is 41.3 Å². The molecule has 2 saturated heterocycles. The lowest BCUT2D eigenvalue weighted by atomic mass is 10.0. The number of amides is 3. The molecule has 1 aromatic carbocycles. The summed E-state index contributed by atoms with van der Waals surface area (Å²) < 4.78 is 1.03. The summed E-state index contributed by atoms with van der Waals surface area (Å²) in [6, 6.07) is 7.71. The molecule has 0 aliphatic carbocycles. The van der Waals surface area contributed by atoms with Gasteiger partial charge in [-0.15, -0.1) is 11.3 Å². The van der Waals surface area contributed by atoms with Crippen molar-refractivity contribution in [2.75, 3.05) is 26.2 Å². The summed E-state index contributed by atoms with van der Waals surface area (Å²) in [7, 11) is 0. The number of hydrogen-bond donors (Lipinski definition) is 1. The molecule has 1 atom stereocenters. The lowest BCUT2D eigenvalue weighted by molar-refractivity contribution is 0.0639. The molecule has 5 nitrogen and oxygen atoms in total. The van der Waals surface area contributed by atoms with E-state index >= 15 is 0 Å². The van der Waals surface area contributed by atoms with E-state index in [1.165, 1.54) is 11.3 Å². The predicted molar refractivity (Wildman–Crippen MR) is 95.9 cm³/mol. The van der Waals surface area contributed by atoms with Crippen LogP contribution in [0.2, 0.25) is 5.02 Å². The topological polar surface area (TPSA) is 52.7 Å². The van der Waals surface area contributed by atoms with Crippen LogP contribution in [0.25, 0.3) is 10.1 Å². The van der Waals surface area contributed by atoms with Gasteiger partial charge < -0.3 is 15.1 Å². The molecule has 126 valence electrons. The Kier molecular flexibility index (Phi) is 4.10. The zero-order valence-corrected chi connectivity index (χ0v) is 14.7. The molecule has 2 aliphatic heterocycles. The molecular weight excluding hydrogens is 346 g/mol. The second-order valence-electron chi connectivity index (χ2n) is 6.23. The number of likely N-dealkylation sites (tertiary alicyclic amines) is 1. The molecule has 1 unspecified atom stereocenters. The van der Waals surface area contributed by atoms with Gasteiger partial charge in [0.15, 0.2) is 0 Å². The summed E-state index contributed by atoms with van der Waals surface area (Å²) in [6.07, 6.45) is 1.88. The van der Waals surface area contributed by atoms with E-state index in [2.05, 4.69) is 5.32 Å². The van der Waals surface area contributed by atoms with Gasteiger partial charge in [-0.3, -0.25) is 4.79 Å². The number of urea groups is 1. The molecule has 3 heterocycles. The van der Waals surface area contributed by atoms with Gasteiger partial charge in [0.1, 0.15) is 0 Å².